The first-order valence-electron chi connectivity index (χ1n) is 11.9. The summed E-state index contributed by atoms with van der Waals surface area (Å²) in [5.74, 6) is -2.35. The lowest BCUT2D eigenvalue weighted by molar-refractivity contribution is -0.143. The average Bonchev–Trinajstić information content (AvgIpc) is 3.52. The van der Waals surface area contributed by atoms with Gasteiger partial charge in [-0.2, -0.15) is 13.2 Å². The van der Waals surface area contributed by atoms with Crippen molar-refractivity contribution >= 4 is 16.9 Å². The van der Waals surface area contributed by atoms with Crippen molar-refractivity contribution in [1.82, 2.24) is 34.3 Å². The summed E-state index contributed by atoms with van der Waals surface area (Å²) in [5, 5.41) is 0.961. The number of nitrogens with zero attached hydrogens (tertiary/aromatic N) is 6. The lowest BCUT2D eigenvalue weighted by atomic mass is 9.97. The van der Waals surface area contributed by atoms with Gasteiger partial charge >= 0.3 is 6.18 Å². The first-order valence-corrected chi connectivity index (χ1v) is 11.9. The number of pyridine rings is 1. The van der Waals surface area contributed by atoms with E-state index in [0.29, 0.717) is 25.9 Å². The number of hydrogen-bond acceptors (Lipinski definition) is 5. The lowest BCUT2D eigenvalue weighted by Crippen LogP contribution is -2.56. The van der Waals surface area contributed by atoms with E-state index in [1.54, 1.807) is 6.33 Å². The number of rotatable bonds is 4. The zero-order valence-corrected chi connectivity index (χ0v) is 19.5. The molecule has 0 spiro atoms. The fourth-order valence-electron chi connectivity index (χ4n) is 5.09. The second-order valence-electron chi connectivity index (χ2n) is 9.28. The Bertz CT molecular complexity index is 1450. The lowest BCUT2D eigenvalue weighted by Gasteiger charge is -2.47. The predicted molar refractivity (Wildman–Crippen MR) is 126 cm³/mol. The van der Waals surface area contributed by atoms with E-state index in [1.165, 1.54) is 10.9 Å². The number of hydrogen-bond donors (Lipinski definition) is 1. The minimum absolute atomic E-state index is 0.247. The highest BCUT2D eigenvalue weighted by atomic mass is 19.4. The first-order chi connectivity index (χ1) is 17.8. The van der Waals surface area contributed by atoms with E-state index in [1.807, 2.05) is 24.5 Å². The number of likely N-dealkylation sites (tertiary alicyclic amines) is 2. The SMILES string of the molecule is O=C(c1ccnc(C(F)(F)F)c1F)N1CCC(N2C[C](n3ccc(-c4ncnc5[nH]ccc45)c3)C2)CC1. The molecule has 2 aliphatic heterocycles. The number of alkyl halides is 3. The molecule has 1 radical (unpaired) electrons. The van der Waals surface area contributed by atoms with Crippen molar-refractivity contribution < 1.29 is 22.4 Å². The third-order valence-corrected chi connectivity index (χ3v) is 7.11. The number of carbonyl (C=O) groups excluding carboxylic acids is 1. The van der Waals surface area contributed by atoms with Crippen molar-refractivity contribution in [2.24, 2.45) is 0 Å². The molecule has 6 heterocycles. The molecule has 37 heavy (non-hydrogen) atoms. The number of carbonyl (C=O) groups is 1. The Labute approximate surface area is 208 Å². The van der Waals surface area contributed by atoms with E-state index < -0.39 is 29.2 Å². The van der Waals surface area contributed by atoms with Gasteiger partial charge in [-0.05, 0) is 31.0 Å². The van der Waals surface area contributed by atoms with Gasteiger partial charge in [0.15, 0.2) is 11.5 Å². The van der Waals surface area contributed by atoms with Crippen LogP contribution in [0.3, 0.4) is 0 Å². The number of aromatic nitrogens is 5. The fourth-order valence-corrected chi connectivity index (χ4v) is 5.09. The van der Waals surface area contributed by atoms with E-state index in [-0.39, 0.29) is 6.04 Å². The topological polar surface area (TPSA) is 82.9 Å². The number of halogens is 4. The smallest absolute Gasteiger partial charge is 0.346 e. The molecule has 0 atom stereocenters. The van der Waals surface area contributed by atoms with Crippen LogP contribution in [0.15, 0.2) is 49.3 Å². The van der Waals surface area contributed by atoms with Crippen LogP contribution >= 0.6 is 0 Å². The molecule has 2 fully saturated rings. The molecule has 0 unspecified atom stereocenters. The summed E-state index contributed by atoms with van der Waals surface area (Å²) in [6.07, 6.45) is 4.65. The van der Waals surface area contributed by atoms with Gasteiger partial charge in [-0.15, -0.1) is 0 Å². The Morgan fingerprint density at radius 3 is 2.59 bits per heavy atom. The Morgan fingerprint density at radius 1 is 1.05 bits per heavy atom. The van der Waals surface area contributed by atoms with Crippen LogP contribution in [-0.2, 0) is 6.18 Å². The van der Waals surface area contributed by atoms with Gasteiger partial charge in [-0.3, -0.25) is 9.69 Å². The molecule has 2 saturated heterocycles. The molecule has 4 aromatic heterocycles. The average molecular weight is 512 g/mol. The second kappa shape index (κ2) is 8.94. The van der Waals surface area contributed by atoms with Crippen LogP contribution in [-0.4, -0.2) is 72.4 Å². The van der Waals surface area contributed by atoms with E-state index in [4.69, 9.17) is 0 Å². The zero-order chi connectivity index (χ0) is 25.7. The largest absolute Gasteiger partial charge is 0.436 e. The van der Waals surface area contributed by atoms with Gasteiger partial charge in [-0.25, -0.2) is 19.3 Å². The third-order valence-electron chi connectivity index (χ3n) is 7.11. The van der Waals surface area contributed by atoms with E-state index in [0.717, 1.165) is 47.6 Å². The predicted octanol–water partition coefficient (Wildman–Crippen LogP) is 3.98. The monoisotopic (exact) mass is 512 g/mol. The van der Waals surface area contributed by atoms with Crippen LogP contribution in [0.1, 0.15) is 28.9 Å². The van der Waals surface area contributed by atoms with Gasteiger partial charge in [0, 0.05) is 68.0 Å². The van der Waals surface area contributed by atoms with Crippen LogP contribution in [0.5, 0.6) is 0 Å². The van der Waals surface area contributed by atoms with Crippen molar-refractivity contribution in [3.8, 4) is 11.3 Å². The summed E-state index contributed by atoms with van der Waals surface area (Å²) in [4.78, 5) is 31.3. The molecule has 12 heteroatoms. The van der Waals surface area contributed by atoms with E-state index >= 15 is 0 Å². The molecular formula is C25H22F4N7O. The number of aromatic amines is 1. The molecule has 0 saturated carbocycles. The highest BCUT2D eigenvalue weighted by Gasteiger charge is 2.40. The summed E-state index contributed by atoms with van der Waals surface area (Å²) in [6, 6.07) is 6.47. The minimum Gasteiger partial charge on any atom is -0.346 e. The summed E-state index contributed by atoms with van der Waals surface area (Å²) in [7, 11) is 0. The maximum Gasteiger partial charge on any atom is 0.436 e. The molecule has 2 aliphatic rings. The maximum atomic E-state index is 14.4. The van der Waals surface area contributed by atoms with Crippen molar-refractivity contribution in [2.75, 3.05) is 26.2 Å². The fraction of sp³-hybridized carbons (Fsp3) is 0.320. The van der Waals surface area contributed by atoms with Gasteiger partial charge in [0.25, 0.3) is 5.91 Å². The van der Waals surface area contributed by atoms with Crippen LogP contribution in [0.25, 0.3) is 22.3 Å². The molecular weight excluding hydrogens is 490 g/mol. The van der Waals surface area contributed by atoms with Crippen LogP contribution in [0.4, 0.5) is 17.6 Å². The van der Waals surface area contributed by atoms with E-state index in [2.05, 4.69) is 35.6 Å². The van der Waals surface area contributed by atoms with Gasteiger partial charge < -0.3 is 14.5 Å². The number of fused-ring (bicyclic) bond motifs is 1. The van der Waals surface area contributed by atoms with Crippen LogP contribution in [0, 0.1) is 11.9 Å². The molecule has 1 amide bonds. The molecule has 0 aliphatic carbocycles. The quantitative estimate of drug-likeness (QED) is 0.419. The number of piperidine rings is 1. The highest BCUT2D eigenvalue weighted by Crippen LogP contribution is 2.33. The molecule has 1 N–H and O–H groups in total. The molecule has 191 valence electrons. The van der Waals surface area contributed by atoms with Crippen molar-refractivity contribution in [1.29, 1.82) is 0 Å². The van der Waals surface area contributed by atoms with Gasteiger partial charge in [0.1, 0.15) is 12.0 Å². The number of H-pyrrole nitrogens is 1. The second-order valence-corrected chi connectivity index (χ2v) is 9.28. The van der Waals surface area contributed by atoms with Gasteiger partial charge in [-0.1, -0.05) is 0 Å². The first kappa shape index (κ1) is 23.6. The van der Waals surface area contributed by atoms with Gasteiger partial charge in [0.2, 0.25) is 0 Å². The van der Waals surface area contributed by atoms with Crippen LogP contribution in [0.2, 0.25) is 0 Å². The maximum absolute atomic E-state index is 14.4. The van der Waals surface area contributed by atoms with Crippen molar-refractivity contribution in [3.05, 3.63) is 72.4 Å². The standard InChI is InChI=1S/C25H22F4N7O/c26-20-18(1-6-30-22(20)25(27,28)29)24(37)34-9-4-16(5-10-34)36-12-17(13-36)35-8-3-15(11-35)21-19-2-7-31-23(19)33-14-32-21/h1-3,6-8,11,14,16H,4-5,9-10,12-13H2,(H,31,32,33). The highest BCUT2D eigenvalue weighted by molar-refractivity contribution is 5.94. The minimum atomic E-state index is -4.96. The summed E-state index contributed by atoms with van der Waals surface area (Å²) in [5.41, 5.74) is 0.401. The third kappa shape index (κ3) is 4.24. The van der Waals surface area contributed by atoms with E-state index in [9.17, 15) is 22.4 Å². The summed E-state index contributed by atoms with van der Waals surface area (Å²) in [6.45, 7) is 2.27. The van der Waals surface area contributed by atoms with Gasteiger partial charge in [0.05, 0.1) is 17.3 Å². The molecule has 0 aromatic carbocycles. The normalized spacial score (nSPS) is 17.9. The molecule has 0 bridgehead atoms. The Kier molecular flexibility index (Phi) is 5.70. The molecule has 8 nitrogen and oxygen atoms in total. The Hall–Kier alpha value is -3.80. The van der Waals surface area contributed by atoms with Crippen LogP contribution < -0.4 is 0 Å². The summed E-state index contributed by atoms with van der Waals surface area (Å²) < 4.78 is 55.4. The summed E-state index contributed by atoms with van der Waals surface area (Å²) >= 11 is 0. The molecule has 6 rings (SSSR count). The number of nitrogens with one attached hydrogen (secondary N) is 1. The Balaban J connectivity index is 1.05. The number of amides is 1. The van der Waals surface area contributed by atoms with Crippen molar-refractivity contribution in [3.63, 3.8) is 0 Å². The molecule has 4 aromatic rings. The Morgan fingerprint density at radius 2 is 1.84 bits per heavy atom. The van der Waals surface area contributed by atoms with Crippen molar-refractivity contribution in [2.45, 2.75) is 25.1 Å². The zero-order valence-electron chi connectivity index (χ0n) is 19.5.